The highest BCUT2D eigenvalue weighted by molar-refractivity contribution is 5.72. The summed E-state index contributed by atoms with van der Waals surface area (Å²) in [7, 11) is 0. The fraction of sp³-hybridized carbons (Fsp3) is 0.273. The van der Waals surface area contributed by atoms with Crippen LogP contribution >= 0.6 is 0 Å². The number of nitrogens with one attached hydrogen (secondary N) is 2. The Morgan fingerprint density at radius 1 is 0.933 bits per heavy atom. The van der Waals surface area contributed by atoms with Crippen molar-refractivity contribution in [2.45, 2.75) is 18.2 Å². The Labute approximate surface area is 87.7 Å². The summed E-state index contributed by atoms with van der Waals surface area (Å²) in [6.45, 7) is 0. The Morgan fingerprint density at radius 3 is 1.93 bits per heavy atom. The molecule has 1 saturated heterocycles. The number of carbonyl (C=O) groups excluding carboxylic acids is 2. The van der Waals surface area contributed by atoms with E-state index in [9.17, 15) is 9.59 Å². The van der Waals surface area contributed by atoms with Crippen molar-refractivity contribution in [1.82, 2.24) is 10.6 Å². The van der Waals surface area contributed by atoms with E-state index in [1.807, 2.05) is 30.3 Å². The first-order chi connectivity index (χ1) is 7.35. The van der Waals surface area contributed by atoms with Crippen LogP contribution in [0.5, 0.6) is 0 Å². The maximum Gasteiger partial charge on any atom is 0.139 e. The zero-order valence-electron chi connectivity index (χ0n) is 8.09. The smallest absolute Gasteiger partial charge is 0.139 e. The van der Waals surface area contributed by atoms with Crippen LogP contribution in [-0.4, -0.2) is 24.7 Å². The molecule has 0 bridgehead atoms. The molecule has 0 amide bonds. The molecular weight excluding hydrogens is 192 g/mol. The van der Waals surface area contributed by atoms with Crippen molar-refractivity contribution in [2.75, 3.05) is 0 Å². The van der Waals surface area contributed by atoms with E-state index in [1.54, 1.807) is 0 Å². The molecule has 2 rings (SSSR count). The van der Waals surface area contributed by atoms with Crippen molar-refractivity contribution >= 4 is 12.6 Å². The third kappa shape index (κ3) is 1.95. The lowest BCUT2D eigenvalue weighted by atomic mass is 10.2. The van der Waals surface area contributed by atoms with Crippen molar-refractivity contribution < 1.29 is 9.59 Å². The largest absolute Gasteiger partial charge is 0.302 e. The fourth-order valence-electron chi connectivity index (χ4n) is 1.73. The SMILES string of the molecule is O=CC1NC(c2ccccc2)NC1C=O. The topological polar surface area (TPSA) is 58.2 Å². The highest BCUT2D eigenvalue weighted by atomic mass is 16.1. The van der Waals surface area contributed by atoms with Crippen LogP contribution in [0.1, 0.15) is 11.7 Å². The molecule has 0 aromatic heterocycles. The van der Waals surface area contributed by atoms with Gasteiger partial charge >= 0.3 is 0 Å². The Hall–Kier alpha value is -1.52. The molecule has 2 unspecified atom stereocenters. The summed E-state index contributed by atoms with van der Waals surface area (Å²) in [6.07, 6.45) is 1.39. The van der Waals surface area contributed by atoms with Gasteiger partial charge in [-0.3, -0.25) is 10.6 Å². The zero-order chi connectivity index (χ0) is 10.7. The van der Waals surface area contributed by atoms with E-state index >= 15 is 0 Å². The zero-order valence-corrected chi connectivity index (χ0v) is 8.09. The Kier molecular flexibility index (Phi) is 2.89. The molecule has 15 heavy (non-hydrogen) atoms. The van der Waals surface area contributed by atoms with Crippen molar-refractivity contribution in [1.29, 1.82) is 0 Å². The lowest BCUT2D eigenvalue weighted by Gasteiger charge is -2.10. The van der Waals surface area contributed by atoms with E-state index in [-0.39, 0.29) is 6.17 Å². The van der Waals surface area contributed by atoms with Gasteiger partial charge in [-0.25, -0.2) is 0 Å². The third-order valence-corrected chi connectivity index (χ3v) is 2.53. The molecule has 4 nitrogen and oxygen atoms in total. The van der Waals surface area contributed by atoms with Crippen LogP contribution in [0.3, 0.4) is 0 Å². The molecule has 1 aromatic rings. The summed E-state index contributed by atoms with van der Waals surface area (Å²) in [4.78, 5) is 21.4. The van der Waals surface area contributed by atoms with Crippen molar-refractivity contribution in [3.05, 3.63) is 35.9 Å². The van der Waals surface area contributed by atoms with Crippen molar-refractivity contribution in [3.63, 3.8) is 0 Å². The summed E-state index contributed by atoms with van der Waals surface area (Å²) >= 11 is 0. The number of hydrogen-bond acceptors (Lipinski definition) is 4. The fourth-order valence-corrected chi connectivity index (χ4v) is 1.73. The second-order valence-corrected chi connectivity index (χ2v) is 3.50. The molecule has 0 saturated carbocycles. The first kappa shape index (κ1) is 10.0. The predicted octanol–water partition coefficient (Wildman–Crippen LogP) is 0.0130. The first-order valence-corrected chi connectivity index (χ1v) is 4.83. The van der Waals surface area contributed by atoms with Gasteiger partial charge in [-0.05, 0) is 5.56 Å². The molecule has 0 spiro atoms. The van der Waals surface area contributed by atoms with E-state index in [4.69, 9.17) is 0 Å². The maximum absolute atomic E-state index is 10.7. The van der Waals surface area contributed by atoms with Crippen LogP contribution in [0.15, 0.2) is 30.3 Å². The number of rotatable bonds is 3. The molecule has 4 heteroatoms. The van der Waals surface area contributed by atoms with Crippen molar-refractivity contribution in [3.8, 4) is 0 Å². The van der Waals surface area contributed by atoms with E-state index in [0.717, 1.165) is 18.1 Å². The summed E-state index contributed by atoms with van der Waals surface area (Å²) < 4.78 is 0. The molecule has 0 radical (unpaired) electrons. The molecule has 0 aliphatic carbocycles. The summed E-state index contributed by atoms with van der Waals surface area (Å²) in [5.74, 6) is 0. The van der Waals surface area contributed by atoms with E-state index in [0.29, 0.717) is 0 Å². The average Bonchev–Trinajstić information content (AvgIpc) is 2.73. The second-order valence-electron chi connectivity index (χ2n) is 3.50. The summed E-state index contributed by atoms with van der Waals surface area (Å²) in [6, 6.07) is 8.78. The standard InChI is InChI=1S/C11H12N2O2/c14-6-9-10(7-15)13-11(12-9)8-4-2-1-3-5-8/h1-7,9-13H. The highest BCUT2D eigenvalue weighted by Crippen LogP contribution is 2.16. The molecule has 2 N–H and O–H groups in total. The lowest BCUT2D eigenvalue weighted by molar-refractivity contribution is -0.114. The maximum atomic E-state index is 10.7. The van der Waals surface area contributed by atoms with Gasteiger partial charge in [0.25, 0.3) is 0 Å². The van der Waals surface area contributed by atoms with E-state index in [2.05, 4.69) is 10.6 Å². The minimum absolute atomic E-state index is 0.128. The van der Waals surface area contributed by atoms with Gasteiger partial charge in [-0.2, -0.15) is 0 Å². The third-order valence-electron chi connectivity index (χ3n) is 2.53. The van der Waals surface area contributed by atoms with Gasteiger partial charge in [0.1, 0.15) is 12.6 Å². The van der Waals surface area contributed by atoms with Gasteiger partial charge in [0.2, 0.25) is 0 Å². The number of aldehydes is 2. The van der Waals surface area contributed by atoms with Gasteiger partial charge in [0, 0.05) is 0 Å². The Bertz CT molecular complexity index is 337. The molecule has 2 atom stereocenters. The van der Waals surface area contributed by atoms with E-state index in [1.165, 1.54) is 0 Å². The van der Waals surface area contributed by atoms with E-state index < -0.39 is 12.1 Å². The van der Waals surface area contributed by atoms with Crippen LogP contribution in [0.25, 0.3) is 0 Å². The van der Waals surface area contributed by atoms with Gasteiger partial charge in [0.15, 0.2) is 0 Å². The molecule has 1 aliphatic heterocycles. The molecule has 1 fully saturated rings. The van der Waals surface area contributed by atoms with Crippen LogP contribution in [0, 0.1) is 0 Å². The number of carbonyl (C=O) groups is 2. The lowest BCUT2D eigenvalue weighted by Crippen LogP contribution is -2.35. The minimum Gasteiger partial charge on any atom is -0.302 e. The summed E-state index contributed by atoms with van der Waals surface area (Å²) in [5.41, 5.74) is 1.02. The van der Waals surface area contributed by atoms with Gasteiger partial charge < -0.3 is 9.59 Å². The number of hydrogen-bond donors (Lipinski definition) is 2. The first-order valence-electron chi connectivity index (χ1n) is 4.83. The molecular formula is C11H12N2O2. The second kappa shape index (κ2) is 4.33. The van der Waals surface area contributed by atoms with Gasteiger partial charge in [-0.15, -0.1) is 0 Å². The molecule has 78 valence electrons. The van der Waals surface area contributed by atoms with Crippen LogP contribution < -0.4 is 10.6 Å². The highest BCUT2D eigenvalue weighted by Gasteiger charge is 2.32. The van der Waals surface area contributed by atoms with Gasteiger partial charge in [-0.1, -0.05) is 30.3 Å². The summed E-state index contributed by atoms with van der Waals surface area (Å²) in [5, 5.41) is 6.10. The average molecular weight is 204 g/mol. The quantitative estimate of drug-likeness (QED) is 0.681. The molecule has 1 heterocycles. The molecule has 1 aliphatic rings. The van der Waals surface area contributed by atoms with Crippen LogP contribution in [0.4, 0.5) is 0 Å². The monoisotopic (exact) mass is 204 g/mol. The predicted molar refractivity (Wildman–Crippen MR) is 55.2 cm³/mol. The van der Waals surface area contributed by atoms with Crippen molar-refractivity contribution in [2.24, 2.45) is 0 Å². The molecule has 1 aromatic carbocycles. The Morgan fingerprint density at radius 2 is 1.47 bits per heavy atom. The number of benzene rings is 1. The van der Waals surface area contributed by atoms with Crippen LogP contribution in [0.2, 0.25) is 0 Å². The Balaban J connectivity index is 2.15. The normalized spacial score (nSPS) is 30.0. The van der Waals surface area contributed by atoms with Gasteiger partial charge in [0.05, 0.1) is 18.2 Å². The minimum atomic E-state index is -0.437. The van der Waals surface area contributed by atoms with Crippen LogP contribution in [-0.2, 0) is 9.59 Å².